The van der Waals surface area contributed by atoms with Crippen LogP contribution in [-0.4, -0.2) is 30.3 Å². The molecule has 2 aromatic carbocycles. The molecule has 0 bridgehead atoms. The third-order valence-electron chi connectivity index (χ3n) is 3.89. The van der Waals surface area contributed by atoms with Crippen LogP contribution in [0.15, 0.2) is 48.5 Å². The van der Waals surface area contributed by atoms with Gasteiger partial charge in [0.15, 0.2) is 0 Å². The molecule has 2 rings (SSSR count). The quantitative estimate of drug-likeness (QED) is 0.886. The van der Waals surface area contributed by atoms with E-state index in [4.69, 9.17) is 0 Å². The second kappa shape index (κ2) is 8.29. The predicted octanol–water partition coefficient (Wildman–Crippen LogP) is 3.33. The van der Waals surface area contributed by atoms with Gasteiger partial charge in [0.05, 0.1) is 6.54 Å². The average Bonchev–Trinajstić information content (AvgIpc) is 2.56. The van der Waals surface area contributed by atoms with Crippen LogP contribution in [0.5, 0.6) is 0 Å². The molecule has 0 aliphatic rings. The minimum Gasteiger partial charge on any atom is -0.336 e. The topological polar surface area (TPSA) is 49.4 Å². The van der Waals surface area contributed by atoms with Crippen LogP contribution >= 0.6 is 0 Å². The largest absolute Gasteiger partial charge is 0.336 e. The fourth-order valence-corrected chi connectivity index (χ4v) is 2.34. The summed E-state index contributed by atoms with van der Waals surface area (Å²) in [5.74, 6) is -0.223. The third kappa shape index (κ3) is 5.54. The third-order valence-corrected chi connectivity index (χ3v) is 3.89. The zero-order valence-electron chi connectivity index (χ0n) is 14.5. The molecule has 0 unspecified atom stereocenters. The number of rotatable bonds is 6. The highest BCUT2D eigenvalue weighted by molar-refractivity contribution is 5.94. The second-order valence-electron chi connectivity index (χ2n) is 6.15. The van der Waals surface area contributed by atoms with Gasteiger partial charge in [0.25, 0.3) is 0 Å². The molecule has 2 aromatic rings. The van der Waals surface area contributed by atoms with Crippen molar-refractivity contribution in [2.24, 2.45) is 0 Å². The lowest BCUT2D eigenvalue weighted by Crippen LogP contribution is -2.35. The number of nitrogens with zero attached hydrogens (tertiary/aromatic N) is 1. The highest BCUT2D eigenvalue weighted by atomic mass is 16.2. The van der Waals surface area contributed by atoms with Crippen LogP contribution < -0.4 is 5.32 Å². The molecule has 0 aliphatic heterocycles. The molecule has 4 heteroatoms. The van der Waals surface area contributed by atoms with Gasteiger partial charge < -0.3 is 10.2 Å². The summed E-state index contributed by atoms with van der Waals surface area (Å²) in [5.41, 5.74) is 4.21. The summed E-state index contributed by atoms with van der Waals surface area (Å²) >= 11 is 0. The first-order chi connectivity index (χ1) is 11.4. The number of amides is 2. The Morgan fingerprint density at radius 3 is 2.04 bits per heavy atom. The fraction of sp³-hybridized carbons (Fsp3) is 0.300. The highest BCUT2D eigenvalue weighted by Gasteiger charge is 2.13. The molecule has 0 fully saturated rings. The Kier molecular flexibility index (Phi) is 6.13. The molecule has 2 amide bonds. The number of benzene rings is 2. The van der Waals surface area contributed by atoms with Crippen LogP contribution in [0, 0.1) is 13.8 Å². The minimum atomic E-state index is -0.190. The van der Waals surface area contributed by atoms with Crippen molar-refractivity contribution in [3.63, 3.8) is 0 Å². The molecule has 0 saturated carbocycles. The maximum atomic E-state index is 12.2. The van der Waals surface area contributed by atoms with Crippen LogP contribution in [0.4, 0.5) is 5.69 Å². The lowest BCUT2D eigenvalue weighted by molar-refractivity contribution is -0.133. The first-order valence-electron chi connectivity index (χ1n) is 8.10. The van der Waals surface area contributed by atoms with Crippen LogP contribution in [0.3, 0.4) is 0 Å². The summed E-state index contributed by atoms with van der Waals surface area (Å²) in [5, 5.41) is 2.80. The molecule has 4 nitrogen and oxygen atoms in total. The van der Waals surface area contributed by atoms with E-state index in [-0.39, 0.29) is 18.4 Å². The molecular formula is C20H24N2O2. The predicted molar refractivity (Wildman–Crippen MR) is 96.9 cm³/mol. The van der Waals surface area contributed by atoms with Crippen molar-refractivity contribution in [1.29, 1.82) is 0 Å². The van der Waals surface area contributed by atoms with Crippen LogP contribution in [0.1, 0.15) is 23.1 Å². The molecule has 1 N–H and O–H groups in total. The maximum Gasteiger partial charge on any atom is 0.243 e. The number of aryl methyl sites for hydroxylation is 3. The SMILES string of the molecule is Cc1ccc(CCC(=O)N(C)CC(=O)Nc2ccc(C)cc2)cc1. The van der Waals surface area contributed by atoms with Crippen molar-refractivity contribution < 1.29 is 9.59 Å². The van der Waals surface area contributed by atoms with Gasteiger partial charge in [-0.3, -0.25) is 9.59 Å². The van der Waals surface area contributed by atoms with Gasteiger partial charge in [-0.15, -0.1) is 0 Å². The Hall–Kier alpha value is -2.62. The first kappa shape index (κ1) is 17.7. The molecule has 0 spiro atoms. The lowest BCUT2D eigenvalue weighted by atomic mass is 10.1. The van der Waals surface area contributed by atoms with Gasteiger partial charge in [0.1, 0.15) is 0 Å². The van der Waals surface area contributed by atoms with E-state index in [2.05, 4.69) is 5.32 Å². The van der Waals surface area contributed by atoms with Gasteiger partial charge in [-0.2, -0.15) is 0 Å². The molecule has 24 heavy (non-hydrogen) atoms. The van der Waals surface area contributed by atoms with Crippen LogP contribution in [0.2, 0.25) is 0 Å². The zero-order valence-corrected chi connectivity index (χ0v) is 14.5. The monoisotopic (exact) mass is 324 g/mol. The Labute approximate surface area is 143 Å². The van der Waals surface area contributed by atoms with Crippen LogP contribution in [0.25, 0.3) is 0 Å². The van der Waals surface area contributed by atoms with Gasteiger partial charge in [0, 0.05) is 19.2 Å². The molecular weight excluding hydrogens is 300 g/mol. The van der Waals surface area contributed by atoms with Crippen molar-refractivity contribution in [1.82, 2.24) is 4.90 Å². The number of hydrogen-bond donors (Lipinski definition) is 1. The molecule has 0 atom stereocenters. The summed E-state index contributed by atoms with van der Waals surface area (Å²) in [4.78, 5) is 25.7. The highest BCUT2D eigenvalue weighted by Crippen LogP contribution is 2.09. The van der Waals surface area contributed by atoms with Gasteiger partial charge in [0.2, 0.25) is 11.8 Å². The normalized spacial score (nSPS) is 10.3. The Morgan fingerprint density at radius 2 is 1.46 bits per heavy atom. The van der Waals surface area contributed by atoms with E-state index in [0.29, 0.717) is 12.8 Å². The second-order valence-corrected chi connectivity index (χ2v) is 6.15. The standard InChI is InChI=1S/C20H24N2O2/c1-15-4-8-17(9-5-15)10-13-20(24)22(3)14-19(23)21-18-11-6-16(2)7-12-18/h4-9,11-12H,10,13-14H2,1-3H3,(H,21,23). The number of hydrogen-bond acceptors (Lipinski definition) is 2. The summed E-state index contributed by atoms with van der Waals surface area (Å²) in [6, 6.07) is 15.7. The van der Waals surface area contributed by atoms with Gasteiger partial charge in [-0.25, -0.2) is 0 Å². The fourth-order valence-electron chi connectivity index (χ4n) is 2.34. The van der Waals surface area contributed by atoms with E-state index < -0.39 is 0 Å². The van der Waals surface area contributed by atoms with E-state index in [0.717, 1.165) is 16.8 Å². The van der Waals surface area contributed by atoms with Gasteiger partial charge >= 0.3 is 0 Å². The molecule has 0 aliphatic carbocycles. The Bertz CT molecular complexity index is 691. The van der Waals surface area contributed by atoms with Gasteiger partial charge in [-0.1, -0.05) is 47.5 Å². The lowest BCUT2D eigenvalue weighted by Gasteiger charge is -2.17. The number of carbonyl (C=O) groups excluding carboxylic acids is 2. The summed E-state index contributed by atoms with van der Waals surface area (Å²) in [6.45, 7) is 4.09. The van der Waals surface area contributed by atoms with E-state index in [9.17, 15) is 9.59 Å². The average molecular weight is 324 g/mol. The summed E-state index contributed by atoms with van der Waals surface area (Å²) < 4.78 is 0. The van der Waals surface area contributed by atoms with E-state index >= 15 is 0 Å². The Balaban J connectivity index is 1.78. The van der Waals surface area contributed by atoms with E-state index in [1.807, 2.05) is 62.4 Å². The van der Waals surface area contributed by atoms with Crippen molar-refractivity contribution in [3.05, 3.63) is 65.2 Å². The van der Waals surface area contributed by atoms with Crippen molar-refractivity contribution in [3.8, 4) is 0 Å². The molecule has 126 valence electrons. The number of anilines is 1. The number of likely N-dealkylation sites (N-methyl/N-ethyl adjacent to an activating group) is 1. The Morgan fingerprint density at radius 1 is 0.917 bits per heavy atom. The number of carbonyl (C=O) groups is 2. The maximum absolute atomic E-state index is 12.2. The molecule has 0 saturated heterocycles. The van der Waals surface area contributed by atoms with Crippen molar-refractivity contribution in [2.75, 3.05) is 18.9 Å². The summed E-state index contributed by atoms with van der Waals surface area (Å²) in [7, 11) is 1.66. The molecule has 0 heterocycles. The summed E-state index contributed by atoms with van der Waals surface area (Å²) in [6.07, 6.45) is 1.08. The minimum absolute atomic E-state index is 0.0327. The molecule has 0 radical (unpaired) electrons. The smallest absolute Gasteiger partial charge is 0.243 e. The zero-order chi connectivity index (χ0) is 17.5. The van der Waals surface area contributed by atoms with E-state index in [1.54, 1.807) is 7.05 Å². The van der Waals surface area contributed by atoms with Crippen molar-refractivity contribution in [2.45, 2.75) is 26.7 Å². The van der Waals surface area contributed by atoms with Gasteiger partial charge in [-0.05, 0) is 38.0 Å². The van der Waals surface area contributed by atoms with Crippen molar-refractivity contribution >= 4 is 17.5 Å². The first-order valence-corrected chi connectivity index (χ1v) is 8.10. The van der Waals surface area contributed by atoms with Crippen LogP contribution in [-0.2, 0) is 16.0 Å². The number of nitrogens with one attached hydrogen (secondary N) is 1. The molecule has 0 aromatic heterocycles. The van der Waals surface area contributed by atoms with E-state index in [1.165, 1.54) is 10.5 Å².